The fraction of sp³-hybridized carbons (Fsp3) is 0.172. The molecule has 0 saturated heterocycles. The molecule has 0 N–H and O–H groups in total. The van der Waals surface area contributed by atoms with Gasteiger partial charge in [0.2, 0.25) is 0 Å². The number of hydrogen-bond acceptors (Lipinski definition) is 1. The number of anilines is 3. The summed E-state index contributed by atoms with van der Waals surface area (Å²) in [5.41, 5.74) is 19.6. The number of fused-ring (bicyclic) bond motifs is 3. The quantitative estimate of drug-likeness (QED) is 0.156. The second-order valence-electron chi connectivity index (χ2n) is 17.8. The smallest absolute Gasteiger partial charge is 0.0467 e. The highest BCUT2D eigenvalue weighted by molar-refractivity contribution is 5.87. The highest BCUT2D eigenvalue weighted by atomic mass is 15.1. The van der Waals surface area contributed by atoms with Crippen LogP contribution in [0.15, 0.2) is 200 Å². The number of nitrogens with zero attached hydrogens (tertiary/aromatic N) is 1. The highest BCUT2D eigenvalue weighted by Gasteiger charge is 2.61. The maximum absolute atomic E-state index is 2.55. The van der Waals surface area contributed by atoms with E-state index in [1.165, 1.54) is 87.7 Å². The van der Waals surface area contributed by atoms with Crippen LogP contribution in [0.2, 0.25) is 0 Å². The first-order valence-electron chi connectivity index (χ1n) is 21.8. The third-order valence-electron chi connectivity index (χ3n) is 14.7. The van der Waals surface area contributed by atoms with Gasteiger partial charge in [-0.3, -0.25) is 0 Å². The molecular weight excluding hydrogens is 711 g/mol. The van der Waals surface area contributed by atoms with Crippen molar-refractivity contribution in [1.82, 2.24) is 0 Å². The minimum absolute atomic E-state index is 0.204. The lowest BCUT2D eigenvalue weighted by Gasteiger charge is -2.61. The van der Waals surface area contributed by atoms with Gasteiger partial charge >= 0.3 is 0 Å². The normalized spacial score (nSPS) is 22.0. The van der Waals surface area contributed by atoms with Gasteiger partial charge in [-0.05, 0) is 171 Å². The zero-order chi connectivity index (χ0) is 38.9. The summed E-state index contributed by atoms with van der Waals surface area (Å²) in [6.45, 7) is 0. The summed E-state index contributed by atoms with van der Waals surface area (Å²) in [6.07, 6.45) is 7.15. The van der Waals surface area contributed by atoms with Crippen LogP contribution in [0, 0.1) is 23.7 Å². The fourth-order valence-electron chi connectivity index (χ4n) is 12.4. The third kappa shape index (κ3) is 5.66. The van der Waals surface area contributed by atoms with Gasteiger partial charge in [-0.1, -0.05) is 152 Å². The Morgan fingerprint density at radius 3 is 1.34 bits per heavy atom. The molecule has 4 fully saturated rings. The molecule has 4 saturated carbocycles. The van der Waals surface area contributed by atoms with Crippen molar-refractivity contribution in [2.75, 3.05) is 4.90 Å². The molecule has 4 bridgehead atoms. The molecule has 0 unspecified atom stereocenters. The molecule has 1 spiro atoms. The Hall–Kier alpha value is -6.44. The monoisotopic (exact) mass is 757 g/mol. The van der Waals surface area contributed by atoms with Crippen LogP contribution in [-0.4, -0.2) is 0 Å². The van der Waals surface area contributed by atoms with Crippen LogP contribution < -0.4 is 4.90 Å². The van der Waals surface area contributed by atoms with Crippen LogP contribution in [0.5, 0.6) is 0 Å². The van der Waals surface area contributed by atoms with E-state index >= 15 is 0 Å². The molecule has 0 heterocycles. The molecule has 59 heavy (non-hydrogen) atoms. The first-order chi connectivity index (χ1) is 29.2. The van der Waals surface area contributed by atoms with Crippen molar-refractivity contribution >= 4 is 17.1 Å². The number of rotatable bonds is 7. The summed E-state index contributed by atoms with van der Waals surface area (Å²) in [7, 11) is 0. The lowest BCUT2D eigenvalue weighted by atomic mass is 9.43. The molecule has 0 radical (unpaired) electrons. The Kier molecular flexibility index (Phi) is 8.12. The van der Waals surface area contributed by atoms with E-state index in [9.17, 15) is 0 Å². The Bertz CT molecular complexity index is 2710. The fourth-order valence-corrected chi connectivity index (χ4v) is 12.4. The predicted molar refractivity (Wildman–Crippen MR) is 246 cm³/mol. The van der Waals surface area contributed by atoms with Crippen LogP contribution >= 0.6 is 0 Å². The van der Waals surface area contributed by atoms with Crippen LogP contribution in [-0.2, 0) is 5.41 Å². The van der Waals surface area contributed by atoms with E-state index in [1.54, 1.807) is 11.1 Å². The third-order valence-corrected chi connectivity index (χ3v) is 14.7. The molecule has 284 valence electrons. The Morgan fingerprint density at radius 1 is 0.305 bits per heavy atom. The number of hydrogen-bond donors (Lipinski definition) is 0. The topological polar surface area (TPSA) is 3.24 Å². The van der Waals surface area contributed by atoms with Crippen LogP contribution in [0.4, 0.5) is 17.1 Å². The van der Waals surface area contributed by atoms with E-state index in [0.717, 1.165) is 40.7 Å². The molecular formula is C58H47N. The minimum atomic E-state index is 0.204. The van der Waals surface area contributed by atoms with Gasteiger partial charge < -0.3 is 4.90 Å². The largest absolute Gasteiger partial charge is 0.310 e. The highest BCUT2D eigenvalue weighted by Crippen LogP contribution is 2.69. The Balaban J connectivity index is 0.910. The minimum Gasteiger partial charge on any atom is -0.310 e. The molecule has 5 aliphatic rings. The SMILES string of the molecule is c1ccc(-c2ccc(N(c3ccc(-c4ccccc4)cc3)c3cccc(-c4cccc(-c5ccc6c(c5)-c5ccccc5C65C6CC7CC(C6)CC5C7)c4)c3)cc2)cc1. The van der Waals surface area contributed by atoms with Crippen LogP contribution in [0.3, 0.4) is 0 Å². The second-order valence-corrected chi connectivity index (χ2v) is 17.8. The van der Waals surface area contributed by atoms with Gasteiger partial charge in [0.15, 0.2) is 0 Å². The molecule has 0 amide bonds. The number of benzene rings is 8. The first-order valence-corrected chi connectivity index (χ1v) is 21.8. The zero-order valence-electron chi connectivity index (χ0n) is 33.3. The Morgan fingerprint density at radius 2 is 0.746 bits per heavy atom. The van der Waals surface area contributed by atoms with Gasteiger partial charge in [0, 0.05) is 22.5 Å². The van der Waals surface area contributed by atoms with Gasteiger partial charge in [-0.2, -0.15) is 0 Å². The lowest BCUT2D eigenvalue weighted by molar-refractivity contribution is -0.0399. The van der Waals surface area contributed by atoms with Gasteiger partial charge in [0.25, 0.3) is 0 Å². The van der Waals surface area contributed by atoms with Crippen molar-refractivity contribution in [2.45, 2.75) is 37.5 Å². The molecule has 8 aromatic rings. The van der Waals surface area contributed by atoms with Crippen molar-refractivity contribution in [2.24, 2.45) is 23.7 Å². The standard InChI is InChI=1S/C58H47N/c1-3-11-41(12-4-1)43-21-26-51(27-22-43)59(52-28-23-44(24-29-52)42-13-5-2-6-14-42)53-18-10-17-47(37-53)45-15-9-16-46(36-45)48-25-30-57-55(38-48)54-19-7-8-20-56(54)58(57)49-32-39-31-40(34-49)35-50(58)33-39/h1-30,36-40,49-50H,31-35H2. The first kappa shape index (κ1) is 34.6. The zero-order valence-corrected chi connectivity index (χ0v) is 33.3. The summed E-state index contributed by atoms with van der Waals surface area (Å²) in [5, 5.41) is 0. The van der Waals surface area contributed by atoms with E-state index in [4.69, 9.17) is 0 Å². The molecule has 1 heteroatoms. The van der Waals surface area contributed by atoms with Gasteiger partial charge in [0.05, 0.1) is 0 Å². The lowest BCUT2D eigenvalue weighted by Crippen LogP contribution is -2.55. The van der Waals surface area contributed by atoms with Gasteiger partial charge in [-0.15, -0.1) is 0 Å². The second kappa shape index (κ2) is 13.8. The van der Waals surface area contributed by atoms with E-state index in [-0.39, 0.29) is 5.41 Å². The molecule has 0 aliphatic heterocycles. The molecule has 1 nitrogen and oxygen atoms in total. The molecule has 0 atom stereocenters. The summed E-state index contributed by atoms with van der Waals surface area (Å²) in [5.74, 6) is 3.47. The van der Waals surface area contributed by atoms with Crippen LogP contribution in [0.1, 0.15) is 43.2 Å². The van der Waals surface area contributed by atoms with Gasteiger partial charge in [0.1, 0.15) is 0 Å². The van der Waals surface area contributed by atoms with Crippen molar-refractivity contribution in [1.29, 1.82) is 0 Å². The average molecular weight is 758 g/mol. The van der Waals surface area contributed by atoms with Crippen molar-refractivity contribution in [3.05, 3.63) is 211 Å². The maximum atomic E-state index is 2.55. The molecule has 8 aromatic carbocycles. The van der Waals surface area contributed by atoms with E-state index in [2.05, 4.69) is 205 Å². The van der Waals surface area contributed by atoms with Crippen molar-refractivity contribution < 1.29 is 0 Å². The molecule has 13 rings (SSSR count). The molecule has 0 aromatic heterocycles. The van der Waals surface area contributed by atoms with Crippen molar-refractivity contribution in [3.8, 4) is 55.6 Å². The van der Waals surface area contributed by atoms with E-state index < -0.39 is 0 Å². The predicted octanol–water partition coefficient (Wildman–Crippen LogP) is 15.5. The van der Waals surface area contributed by atoms with E-state index in [0.29, 0.717) is 0 Å². The Labute approximate surface area is 348 Å². The summed E-state index contributed by atoms with van der Waals surface area (Å²) < 4.78 is 0. The summed E-state index contributed by atoms with van der Waals surface area (Å²) in [6, 6.07) is 74.4. The summed E-state index contributed by atoms with van der Waals surface area (Å²) >= 11 is 0. The van der Waals surface area contributed by atoms with Crippen molar-refractivity contribution in [3.63, 3.8) is 0 Å². The van der Waals surface area contributed by atoms with E-state index in [1.807, 2.05) is 0 Å². The maximum Gasteiger partial charge on any atom is 0.0467 e. The summed E-state index contributed by atoms with van der Waals surface area (Å²) in [4.78, 5) is 2.38. The van der Waals surface area contributed by atoms with Gasteiger partial charge in [-0.25, -0.2) is 0 Å². The van der Waals surface area contributed by atoms with Crippen LogP contribution in [0.25, 0.3) is 55.6 Å². The molecule has 5 aliphatic carbocycles. The average Bonchev–Trinajstić information content (AvgIpc) is 3.59.